The second-order valence-electron chi connectivity index (χ2n) is 4.91. The zero-order chi connectivity index (χ0) is 16.6. The molecule has 0 radical (unpaired) electrons. The third kappa shape index (κ3) is 3.39. The molecule has 2 aromatic heterocycles. The first kappa shape index (κ1) is 16.0. The lowest BCUT2D eigenvalue weighted by atomic mass is 10.1. The summed E-state index contributed by atoms with van der Waals surface area (Å²) < 4.78 is 0. The van der Waals surface area contributed by atoms with Gasteiger partial charge in [0, 0.05) is 15.5 Å². The van der Waals surface area contributed by atoms with Gasteiger partial charge in [-0.15, -0.1) is 11.3 Å². The molecule has 0 fully saturated rings. The average Bonchev–Trinajstić information content (AvgIpc) is 3.07. The molecule has 0 unspecified atom stereocenters. The van der Waals surface area contributed by atoms with Gasteiger partial charge < -0.3 is 0 Å². The number of nitrogens with one attached hydrogen (secondary N) is 2. The summed E-state index contributed by atoms with van der Waals surface area (Å²) in [5, 5.41) is 11.2. The van der Waals surface area contributed by atoms with Crippen molar-refractivity contribution in [3.8, 4) is 11.3 Å². The Morgan fingerprint density at radius 1 is 1.26 bits per heavy atom. The molecule has 0 aliphatic carbocycles. The van der Waals surface area contributed by atoms with Crippen molar-refractivity contribution in [2.75, 3.05) is 5.32 Å². The van der Waals surface area contributed by atoms with E-state index in [1.54, 1.807) is 24.3 Å². The molecular formula is C15H12Cl2N4OS. The molecule has 3 aromatic rings. The summed E-state index contributed by atoms with van der Waals surface area (Å²) in [6.45, 7) is 3.86. The van der Waals surface area contributed by atoms with Crippen molar-refractivity contribution in [3.05, 3.63) is 50.6 Å². The Bertz CT molecular complexity index is 868. The summed E-state index contributed by atoms with van der Waals surface area (Å²) in [7, 11) is 0. The van der Waals surface area contributed by atoms with Crippen LogP contribution in [0.25, 0.3) is 11.3 Å². The van der Waals surface area contributed by atoms with E-state index in [4.69, 9.17) is 23.2 Å². The van der Waals surface area contributed by atoms with Crippen molar-refractivity contribution in [2.45, 2.75) is 13.8 Å². The molecule has 23 heavy (non-hydrogen) atoms. The number of aromatic amines is 1. The molecule has 0 saturated heterocycles. The predicted octanol–water partition coefficient (Wildman–Crippen LogP) is 4.71. The fourth-order valence-electron chi connectivity index (χ4n) is 1.96. The second-order valence-corrected chi connectivity index (χ2v) is 6.95. The van der Waals surface area contributed by atoms with Gasteiger partial charge in [-0.05, 0) is 38.1 Å². The molecule has 5 nitrogen and oxygen atoms in total. The maximum absolute atomic E-state index is 12.2. The third-order valence-corrected chi connectivity index (χ3v) is 4.81. The maximum atomic E-state index is 12.2. The predicted molar refractivity (Wildman–Crippen MR) is 93.6 cm³/mol. The van der Waals surface area contributed by atoms with Gasteiger partial charge >= 0.3 is 0 Å². The number of amides is 1. The number of anilines is 1. The lowest BCUT2D eigenvalue weighted by Crippen LogP contribution is -2.12. The fraction of sp³-hybridized carbons (Fsp3) is 0.133. The molecule has 0 atom stereocenters. The van der Waals surface area contributed by atoms with Gasteiger partial charge in [-0.25, -0.2) is 4.98 Å². The smallest absolute Gasteiger partial charge is 0.275 e. The molecule has 2 heterocycles. The fourth-order valence-corrected chi connectivity index (χ4v) is 3.28. The van der Waals surface area contributed by atoms with Crippen LogP contribution in [0.1, 0.15) is 21.1 Å². The van der Waals surface area contributed by atoms with Crippen LogP contribution in [0.4, 0.5) is 5.13 Å². The number of halogens is 2. The van der Waals surface area contributed by atoms with Gasteiger partial charge in [0.1, 0.15) is 5.69 Å². The van der Waals surface area contributed by atoms with Crippen molar-refractivity contribution < 1.29 is 4.79 Å². The maximum Gasteiger partial charge on any atom is 0.275 e. The number of aromatic nitrogens is 3. The van der Waals surface area contributed by atoms with Gasteiger partial charge in [-0.2, -0.15) is 5.10 Å². The Morgan fingerprint density at radius 2 is 2.04 bits per heavy atom. The minimum atomic E-state index is -0.303. The Balaban J connectivity index is 1.82. The number of carbonyl (C=O) groups is 1. The van der Waals surface area contributed by atoms with Gasteiger partial charge in [0.25, 0.3) is 5.91 Å². The van der Waals surface area contributed by atoms with Crippen molar-refractivity contribution in [1.29, 1.82) is 0 Å². The minimum Gasteiger partial charge on any atom is -0.296 e. The highest BCUT2D eigenvalue weighted by Gasteiger charge is 2.15. The lowest BCUT2D eigenvalue weighted by molar-refractivity contribution is 0.102. The first-order chi connectivity index (χ1) is 10.9. The largest absolute Gasteiger partial charge is 0.296 e. The molecule has 1 amide bonds. The summed E-state index contributed by atoms with van der Waals surface area (Å²) in [5.41, 5.74) is 2.51. The second kappa shape index (κ2) is 6.31. The van der Waals surface area contributed by atoms with Crippen LogP contribution in [0.2, 0.25) is 10.0 Å². The van der Waals surface area contributed by atoms with Crippen LogP contribution in [0.15, 0.2) is 24.3 Å². The highest BCUT2D eigenvalue weighted by atomic mass is 35.5. The normalized spacial score (nSPS) is 10.8. The van der Waals surface area contributed by atoms with Crippen molar-refractivity contribution >= 4 is 45.6 Å². The molecule has 1 aromatic carbocycles. The van der Waals surface area contributed by atoms with Gasteiger partial charge in [0.2, 0.25) is 0 Å². The zero-order valence-electron chi connectivity index (χ0n) is 12.3. The zero-order valence-corrected chi connectivity index (χ0v) is 14.6. The summed E-state index contributed by atoms with van der Waals surface area (Å²) in [4.78, 5) is 17.6. The summed E-state index contributed by atoms with van der Waals surface area (Å²) in [6.07, 6.45) is 0. The van der Waals surface area contributed by atoms with Gasteiger partial charge in [-0.1, -0.05) is 23.2 Å². The van der Waals surface area contributed by atoms with E-state index in [2.05, 4.69) is 20.5 Å². The Labute approximate surface area is 146 Å². The van der Waals surface area contributed by atoms with Crippen LogP contribution < -0.4 is 5.32 Å². The van der Waals surface area contributed by atoms with E-state index in [1.165, 1.54) is 11.3 Å². The van der Waals surface area contributed by atoms with E-state index in [0.29, 0.717) is 32.1 Å². The average molecular weight is 367 g/mol. The number of aryl methyl sites for hydroxylation is 2. The SMILES string of the molecule is Cc1nc(NC(=O)c2cc(-c3ccc(Cl)cc3Cl)n[nH]2)sc1C. The summed E-state index contributed by atoms with van der Waals surface area (Å²) >= 11 is 13.5. The van der Waals surface area contributed by atoms with Gasteiger partial charge in [0.15, 0.2) is 5.13 Å². The number of benzene rings is 1. The van der Waals surface area contributed by atoms with E-state index in [1.807, 2.05) is 13.8 Å². The van der Waals surface area contributed by atoms with Crippen LogP contribution in [0, 0.1) is 13.8 Å². The molecule has 0 aliphatic rings. The molecule has 0 bridgehead atoms. The number of hydrogen-bond acceptors (Lipinski definition) is 4. The number of hydrogen-bond donors (Lipinski definition) is 2. The highest BCUT2D eigenvalue weighted by molar-refractivity contribution is 7.15. The molecule has 118 valence electrons. The molecule has 3 rings (SSSR count). The van der Waals surface area contributed by atoms with E-state index in [0.717, 1.165) is 10.6 Å². The lowest BCUT2D eigenvalue weighted by Gasteiger charge is -2.00. The quantitative estimate of drug-likeness (QED) is 0.704. The van der Waals surface area contributed by atoms with Crippen LogP contribution in [0.5, 0.6) is 0 Å². The van der Waals surface area contributed by atoms with E-state index in [9.17, 15) is 4.79 Å². The van der Waals surface area contributed by atoms with Gasteiger partial charge in [-0.3, -0.25) is 15.2 Å². The highest BCUT2D eigenvalue weighted by Crippen LogP contribution is 2.29. The summed E-state index contributed by atoms with van der Waals surface area (Å²) in [6, 6.07) is 6.75. The van der Waals surface area contributed by atoms with Crippen molar-refractivity contribution in [1.82, 2.24) is 15.2 Å². The first-order valence-electron chi connectivity index (χ1n) is 6.70. The Hall–Kier alpha value is -1.89. The van der Waals surface area contributed by atoms with Crippen LogP contribution in [-0.4, -0.2) is 21.1 Å². The van der Waals surface area contributed by atoms with Crippen molar-refractivity contribution in [2.24, 2.45) is 0 Å². The van der Waals surface area contributed by atoms with Crippen LogP contribution in [-0.2, 0) is 0 Å². The monoisotopic (exact) mass is 366 g/mol. The van der Waals surface area contributed by atoms with Crippen LogP contribution >= 0.6 is 34.5 Å². The molecule has 0 spiro atoms. The Kier molecular flexibility index (Phi) is 4.39. The van der Waals surface area contributed by atoms with E-state index in [-0.39, 0.29) is 5.91 Å². The molecule has 2 N–H and O–H groups in total. The molecule has 0 aliphatic heterocycles. The number of rotatable bonds is 3. The number of H-pyrrole nitrogens is 1. The standard InChI is InChI=1S/C15H12Cl2N4OS/c1-7-8(2)23-15(18-7)19-14(22)13-6-12(20-21-13)10-4-3-9(16)5-11(10)17/h3-6H,1-2H3,(H,20,21)(H,18,19,22). The summed E-state index contributed by atoms with van der Waals surface area (Å²) in [5.74, 6) is -0.303. The first-order valence-corrected chi connectivity index (χ1v) is 8.27. The number of thiazole rings is 1. The molecule has 8 heteroatoms. The number of carbonyl (C=O) groups excluding carboxylic acids is 1. The van der Waals surface area contributed by atoms with Crippen LogP contribution in [0.3, 0.4) is 0 Å². The van der Waals surface area contributed by atoms with Crippen molar-refractivity contribution in [3.63, 3.8) is 0 Å². The molecular weight excluding hydrogens is 355 g/mol. The topological polar surface area (TPSA) is 70.7 Å². The van der Waals surface area contributed by atoms with E-state index >= 15 is 0 Å². The van der Waals surface area contributed by atoms with E-state index < -0.39 is 0 Å². The third-order valence-electron chi connectivity index (χ3n) is 3.28. The minimum absolute atomic E-state index is 0.303. The Morgan fingerprint density at radius 3 is 2.70 bits per heavy atom. The van der Waals surface area contributed by atoms with Gasteiger partial charge in [0.05, 0.1) is 16.4 Å². The molecule has 0 saturated carbocycles. The number of nitrogens with zero attached hydrogens (tertiary/aromatic N) is 2.